The van der Waals surface area contributed by atoms with Gasteiger partial charge in [-0.2, -0.15) is 0 Å². The molecular weight excluding hydrogens is 562 g/mol. The molecule has 3 atom stereocenters. The van der Waals surface area contributed by atoms with Gasteiger partial charge in [-0.25, -0.2) is 0 Å². The Bertz CT molecular complexity index is 1120. The number of rotatable bonds is 15. The molecule has 3 N–H and O–H groups in total. The number of aromatic nitrogens is 4. The first-order valence-corrected chi connectivity index (χ1v) is 17.6. The van der Waals surface area contributed by atoms with E-state index < -0.39 is 37.4 Å². The minimum absolute atomic E-state index is 0.119. The first kappa shape index (κ1) is 29.7. The molecule has 0 unspecified atom stereocenters. The molecule has 0 amide bonds. The molecule has 3 rings (SSSR count). The van der Waals surface area contributed by atoms with Gasteiger partial charge in [0.25, 0.3) is 0 Å². The molecule has 205 valence electrons. The number of fused-ring (bicyclic) bond motifs is 1. The maximum atomic E-state index is 14.2. The number of nitrogens with two attached hydrogens (primary N) is 1. The molecule has 0 aliphatic heterocycles. The summed E-state index contributed by atoms with van der Waals surface area (Å²) in [4.78, 5) is 37.0. The zero-order chi connectivity index (χ0) is 27.2. The number of anilines is 1. The number of carbonyl (C=O) groups excluding carboxylic acids is 2. The molecule has 1 aliphatic carbocycles. The molecule has 0 bridgehead atoms. The van der Waals surface area contributed by atoms with Crippen LogP contribution in [0.2, 0.25) is 4.20 Å². The van der Waals surface area contributed by atoms with Gasteiger partial charge in [0.2, 0.25) is 0 Å². The van der Waals surface area contributed by atoms with Gasteiger partial charge in [0, 0.05) is 0 Å². The fourth-order valence-corrected chi connectivity index (χ4v) is 13.6. The Kier molecular flexibility index (Phi) is 10.3. The van der Waals surface area contributed by atoms with Crippen molar-refractivity contribution in [3.8, 4) is 0 Å². The molecule has 14 heteroatoms. The third-order valence-electron chi connectivity index (χ3n) is 5.77. The number of hydrogen-bond donors (Lipinski definition) is 2. The van der Waals surface area contributed by atoms with Crippen LogP contribution in [0.4, 0.5) is 5.82 Å². The van der Waals surface area contributed by atoms with Gasteiger partial charge in [-0.05, 0) is 0 Å². The van der Waals surface area contributed by atoms with Crippen LogP contribution in [0.1, 0.15) is 53.9 Å². The molecule has 12 nitrogen and oxygen atoms in total. The summed E-state index contributed by atoms with van der Waals surface area (Å²) in [6.07, 6.45) is 6.02. The van der Waals surface area contributed by atoms with Crippen LogP contribution < -0.4 is 10.8 Å². The number of imidazole rings is 1. The fraction of sp³-hybridized carbons (Fsp3) is 0.696. The van der Waals surface area contributed by atoms with E-state index in [1.807, 2.05) is 6.92 Å². The van der Waals surface area contributed by atoms with Gasteiger partial charge in [-0.3, -0.25) is 0 Å². The molecule has 1 aliphatic rings. The van der Waals surface area contributed by atoms with Crippen LogP contribution in [-0.2, 0) is 34.9 Å². The molecule has 2 heterocycles. The number of carbonyl (C=O) groups is 2. The molecule has 37 heavy (non-hydrogen) atoms. The molecule has 2 aromatic rings. The van der Waals surface area contributed by atoms with Gasteiger partial charge in [0.05, 0.1) is 0 Å². The van der Waals surface area contributed by atoms with E-state index in [0.29, 0.717) is 24.0 Å². The SMILES string of the molecule is CC(C)OC(=O)C(C)(C)[As][P@](=O)(CO[C@H](C)Cn1cnc2c(N)ncnc21)N[C@@H](C=O)COC1CCC1. The van der Waals surface area contributed by atoms with Crippen molar-refractivity contribution in [1.29, 1.82) is 0 Å². The zero-order valence-corrected chi connectivity index (χ0v) is 24.8. The second-order valence-corrected chi connectivity index (χ2v) is 19.8. The first-order valence-electron chi connectivity index (χ1n) is 12.3. The van der Waals surface area contributed by atoms with E-state index in [2.05, 4.69) is 20.0 Å². The van der Waals surface area contributed by atoms with Gasteiger partial charge in [-0.1, -0.05) is 0 Å². The summed E-state index contributed by atoms with van der Waals surface area (Å²) in [7, 11) is 0. The molecule has 0 aromatic carbocycles. The van der Waals surface area contributed by atoms with Crippen molar-refractivity contribution in [2.24, 2.45) is 0 Å². The Morgan fingerprint density at radius 3 is 2.68 bits per heavy atom. The molecule has 0 saturated heterocycles. The predicted octanol–water partition coefficient (Wildman–Crippen LogP) is 2.54. The van der Waals surface area contributed by atoms with Crippen molar-refractivity contribution in [2.45, 2.75) is 89.0 Å². The number of esters is 1. The van der Waals surface area contributed by atoms with Crippen LogP contribution in [0.15, 0.2) is 12.7 Å². The molecule has 2 aromatic heterocycles. The van der Waals surface area contributed by atoms with Crippen LogP contribution in [0, 0.1) is 0 Å². The van der Waals surface area contributed by atoms with Crippen molar-refractivity contribution in [2.75, 3.05) is 18.7 Å². The van der Waals surface area contributed by atoms with Crippen LogP contribution in [0.3, 0.4) is 0 Å². The fourth-order valence-electron chi connectivity index (χ4n) is 3.63. The monoisotopic (exact) mass is 599 g/mol. The van der Waals surface area contributed by atoms with E-state index in [-0.39, 0.29) is 37.1 Å². The Labute approximate surface area is 223 Å². The number of nitrogens with one attached hydrogen (secondary N) is 1. The summed E-state index contributed by atoms with van der Waals surface area (Å²) >= 11 is -1.15. The Morgan fingerprint density at radius 2 is 2.05 bits per heavy atom. The van der Waals surface area contributed by atoms with Crippen LogP contribution in [-0.4, -0.2) is 84.4 Å². The number of hydrogen-bond acceptors (Lipinski definition) is 10. The zero-order valence-electron chi connectivity index (χ0n) is 22.0. The van der Waals surface area contributed by atoms with E-state index in [4.69, 9.17) is 19.9 Å². The number of aldehydes is 1. The van der Waals surface area contributed by atoms with Gasteiger partial charge in [-0.15, -0.1) is 0 Å². The van der Waals surface area contributed by atoms with Gasteiger partial charge in [0.1, 0.15) is 0 Å². The third-order valence-corrected chi connectivity index (χ3v) is 14.8. The maximum absolute atomic E-state index is 14.2. The number of ether oxygens (including phenoxy) is 3. The quantitative estimate of drug-likeness (QED) is 0.134. The summed E-state index contributed by atoms with van der Waals surface area (Å²) in [5.41, 5.74) is 6.94. The predicted molar refractivity (Wildman–Crippen MR) is 140 cm³/mol. The number of nitrogens with zero attached hydrogens (tertiary/aromatic N) is 4. The molecule has 0 spiro atoms. The number of nitrogen functional groups attached to an aromatic ring is 1. The van der Waals surface area contributed by atoms with Crippen molar-refractivity contribution in [1.82, 2.24) is 24.6 Å². The topological polar surface area (TPSA) is 161 Å². The van der Waals surface area contributed by atoms with Gasteiger partial charge < -0.3 is 0 Å². The van der Waals surface area contributed by atoms with E-state index in [9.17, 15) is 14.2 Å². The second kappa shape index (κ2) is 12.8. The molecule has 1 saturated carbocycles. The standard InChI is InChI=1S/C23H37AsN6O6P/c1-15(2)36-22(32)23(4,5)24-37(33,29-17(10-31)11-34-18-7-6-8-18)14-35-16(3)9-30-13-28-19-20(25)26-12-27-21(19)30/h10,12-13,15-18H,6-9,11,14H2,1-5H3,(H,29,33)(H2,25,26,27)/t16-,17+,37-/m1/s1. The summed E-state index contributed by atoms with van der Waals surface area (Å²) in [5.74, 6) is -3.46. The van der Waals surface area contributed by atoms with Crippen molar-refractivity contribution in [3.05, 3.63) is 12.7 Å². The summed E-state index contributed by atoms with van der Waals surface area (Å²) in [6.45, 7) is 9.32. The van der Waals surface area contributed by atoms with Crippen LogP contribution in [0.25, 0.3) is 11.2 Å². The molecule has 1 radical (unpaired) electrons. The average molecular weight is 599 g/mol. The third kappa shape index (κ3) is 8.32. The Morgan fingerprint density at radius 1 is 1.32 bits per heavy atom. The van der Waals surface area contributed by atoms with E-state index in [0.717, 1.165) is 19.3 Å². The Balaban J connectivity index is 1.71. The van der Waals surface area contributed by atoms with Gasteiger partial charge in [0.15, 0.2) is 0 Å². The van der Waals surface area contributed by atoms with Crippen LogP contribution in [0.5, 0.6) is 0 Å². The summed E-state index contributed by atoms with van der Waals surface area (Å²) in [6, 6.07) is -0.769. The van der Waals surface area contributed by atoms with Crippen LogP contribution >= 0.6 is 5.85 Å². The van der Waals surface area contributed by atoms with E-state index in [1.54, 1.807) is 38.6 Å². The second-order valence-electron chi connectivity index (χ2n) is 10.0. The van der Waals surface area contributed by atoms with E-state index in [1.165, 1.54) is 6.33 Å². The van der Waals surface area contributed by atoms with E-state index >= 15 is 0 Å². The molecular formula is C23H37AsN6O6P. The summed E-state index contributed by atoms with van der Waals surface area (Å²) in [5, 5.41) is 3.01. The molecule has 1 fully saturated rings. The minimum atomic E-state index is -3.32. The normalized spacial score (nSPS) is 18.1. The summed E-state index contributed by atoms with van der Waals surface area (Å²) < 4.78 is 32.2. The average Bonchev–Trinajstić information content (AvgIpc) is 3.19. The van der Waals surface area contributed by atoms with Gasteiger partial charge >= 0.3 is 224 Å². The first-order chi connectivity index (χ1) is 17.4. The van der Waals surface area contributed by atoms with Crippen molar-refractivity contribution < 1.29 is 28.4 Å². The van der Waals surface area contributed by atoms with Crippen molar-refractivity contribution >= 4 is 50.4 Å². The van der Waals surface area contributed by atoms with Crippen molar-refractivity contribution in [3.63, 3.8) is 0 Å². The Hall–Kier alpha value is -1.84.